The van der Waals surface area contributed by atoms with Crippen molar-refractivity contribution in [2.24, 2.45) is 7.05 Å². The van der Waals surface area contributed by atoms with Gasteiger partial charge >= 0.3 is 0 Å². The number of rotatable bonds is 4. The van der Waals surface area contributed by atoms with Gasteiger partial charge in [-0.15, -0.1) is 0 Å². The van der Waals surface area contributed by atoms with Crippen molar-refractivity contribution in [2.75, 3.05) is 26.0 Å². The van der Waals surface area contributed by atoms with Gasteiger partial charge < -0.3 is 19.9 Å². The zero-order chi connectivity index (χ0) is 25.6. The first kappa shape index (κ1) is 23.7. The number of fused-ring (bicyclic) bond motifs is 2. The first-order valence-corrected chi connectivity index (χ1v) is 11.4. The number of methoxy groups -OCH3 is 1. The number of nitrogens with zero attached hydrogens (tertiary/aromatic N) is 7. The van der Waals surface area contributed by atoms with Gasteiger partial charge in [-0.2, -0.15) is 5.10 Å². The van der Waals surface area contributed by atoms with Crippen LogP contribution in [-0.2, 0) is 16.6 Å². The number of aromatic nitrogens is 6. The molecule has 12 heteroatoms. The van der Waals surface area contributed by atoms with Gasteiger partial charge in [-0.1, -0.05) is 24.1 Å². The third kappa shape index (κ3) is 3.84. The number of benzene rings is 1. The van der Waals surface area contributed by atoms with E-state index >= 15 is 4.39 Å². The lowest BCUT2D eigenvalue weighted by Crippen LogP contribution is -2.37. The molecule has 0 saturated carbocycles. The third-order valence-electron chi connectivity index (χ3n) is 6.29. The molecule has 10 nitrogen and oxygen atoms in total. The first-order valence-electron chi connectivity index (χ1n) is 11.1. The van der Waals surface area contributed by atoms with Crippen LogP contribution in [0.5, 0.6) is 0 Å². The minimum atomic E-state index is -0.615. The number of likely N-dealkylation sites (tertiary alicyclic amines) is 1. The van der Waals surface area contributed by atoms with Crippen molar-refractivity contribution in [2.45, 2.75) is 18.5 Å². The smallest absolute Gasteiger partial charge is 0.246 e. The number of nitrogens with two attached hydrogens (primary N) is 1. The summed E-state index contributed by atoms with van der Waals surface area (Å²) in [6.07, 6.45) is 4.71. The number of anilines is 1. The molecule has 36 heavy (non-hydrogen) atoms. The second-order valence-electron chi connectivity index (χ2n) is 8.46. The zero-order valence-electron chi connectivity index (χ0n) is 19.6. The molecule has 4 heterocycles. The predicted molar refractivity (Wildman–Crippen MR) is 133 cm³/mol. The molecule has 3 aromatic heterocycles. The van der Waals surface area contributed by atoms with E-state index in [0.29, 0.717) is 36.1 Å². The normalized spacial score (nSPS) is 17.5. The molecule has 1 saturated heterocycles. The molecule has 1 fully saturated rings. The highest BCUT2D eigenvalue weighted by Gasteiger charge is 2.37. The van der Waals surface area contributed by atoms with E-state index in [9.17, 15) is 4.79 Å². The Morgan fingerprint density at radius 1 is 1.39 bits per heavy atom. The number of halogens is 2. The molecule has 0 radical (unpaired) electrons. The van der Waals surface area contributed by atoms with E-state index in [1.807, 2.05) is 0 Å². The maximum absolute atomic E-state index is 15.2. The van der Waals surface area contributed by atoms with E-state index in [2.05, 4.69) is 38.5 Å². The highest BCUT2D eigenvalue weighted by atomic mass is 35.5. The molecular weight excluding hydrogens is 487 g/mol. The Hall–Kier alpha value is -4.01. The number of imidazole rings is 1. The van der Waals surface area contributed by atoms with Crippen molar-refractivity contribution in [3.63, 3.8) is 0 Å². The number of hydrogen-bond acceptors (Lipinski definition) is 7. The Morgan fingerprint density at radius 3 is 2.94 bits per heavy atom. The highest BCUT2D eigenvalue weighted by molar-refractivity contribution is 6.32. The molecule has 5 rings (SSSR count). The second kappa shape index (κ2) is 9.22. The summed E-state index contributed by atoms with van der Waals surface area (Å²) in [5.41, 5.74) is 7.64. The zero-order valence-corrected chi connectivity index (χ0v) is 20.3. The van der Waals surface area contributed by atoms with Gasteiger partial charge in [0.2, 0.25) is 5.91 Å². The van der Waals surface area contributed by atoms with Crippen LogP contribution in [0.25, 0.3) is 22.1 Å². The summed E-state index contributed by atoms with van der Waals surface area (Å²) in [5, 5.41) is 5.25. The summed E-state index contributed by atoms with van der Waals surface area (Å²) in [5.74, 6) is 5.08. The summed E-state index contributed by atoms with van der Waals surface area (Å²) < 4.78 is 23.8. The van der Waals surface area contributed by atoms with Gasteiger partial charge in [0, 0.05) is 20.7 Å². The lowest BCUT2D eigenvalue weighted by molar-refractivity contribution is -0.127. The van der Waals surface area contributed by atoms with Crippen LogP contribution in [0.2, 0.25) is 5.02 Å². The van der Waals surface area contributed by atoms with Gasteiger partial charge in [-0.25, -0.2) is 24.0 Å². The minimum Gasteiger partial charge on any atom is -0.383 e. The fourth-order valence-electron chi connectivity index (χ4n) is 4.57. The van der Waals surface area contributed by atoms with Crippen LogP contribution in [0.4, 0.5) is 10.2 Å². The van der Waals surface area contributed by atoms with Crippen LogP contribution in [0, 0.1) is 17.7 Å². The third-order valence-corrected chi connectivity index (χ3v) is 6.59. The Balaban J connectivity index is 1.59. The van der Waals surface area contributed by atoms with Gasteiger partial charge in [0.25, 0.3) is 0 Å². The van der Waals surface area contributed by atoms with Gasteiger partial charge in [0.1, 0.15) is 23.4 Å². The van der Waals surface area contributed by atoms with Crippen molar-refractivity contribution >= 4 is 45.4 Å². The molecular formula is C24H22ClFN8O2. The molecule has 1 amide bonds. The molecule has 2 atom stereocenters. The number of aryl methyl sites for hydroxylation is 1. The average Bonchev–Trinajstić information content (AvgIpc) is 3.55. The molecule has 1 aliphatic rings. The van der Waals surface area contributed by atoms with E-state index in [0.717, 1.165) is 0 Å². The van der Waals surface area contributed by atoms with Crippen molar-refractivity contribution in [1.82, 2.24) is 34.2 Å². The lowest BCUT2D eigenvalue weighted by atomic mass is 10.1. The van der Waals surface area contributed by atoms with Gasteiger partial charge in [-0.05, 0) is 24.5 Å². The number of carbonyl (C=O) groups is 1. The predicted octanol–water partition coefficient (Wildman–Crippen LogP) is 2.46. The monoisotopic (exact) mass is 508 g/mol. The molecule has 1 aliphatic heterocycles. The first-order chi connectivity index (χ1) is 17.3. The molecule has 0 aliphatic carbocycles. The van der Waals surface area contributed by atoms with Gasteiger partial charge in [-0.3, -0.25) is 4.79 Å². The Labute approximate surface area is 210 Å². The number of carbonyl (C=O) groups excluding carboxylic acids is 1. The number of hydrogen-bond donors (Lipinski definition) is 1. The SMILES string of the molecule is C=CC(=O)N1CC(n2nc(C#Cc3c(Cl)cc4c(ncn4C)c3F)c3c(N)ncnc32)C[C@@H]1COC. The molecule has 2 N–H and O–H groups in total. The summed E-state index contributed by atoms with van der Waals surface area (Å²) >= 11 is 6.35. The summed E-state index contributed by atoms with van der Waals surface area (Å²) in [4.78, 5) is 26.7. The second-order valence-corrected chi connectivity index (χ2v) is 8.87. The quantitative estimate of drug-likeness (QED) is 0.332. The molecule has 4 aromatic rings. The number of nitrogen functional groups attached to an aromatic ring is 1. The standard InChI is InChI=1S/C24H22ClFN8O2/c1-4-19(35)33-9-13(7-14(33)10-36-3)34-24-20(23(27)28-11-29-24)17(31-34)6-5-15-16(25)8-18-22(21(15)26)30-12-32(18)2/h4,8,11-14H,1,7,9-10H2,2-3H3,(H2,27,28,29)/t13?,14-/m1/s1. The van der Waals surface area contributed by atoms with Crippen molar-refractivity contribution in [1.29, 1.82) is 0 Å². The van der Waals surface area contributed by atoms with Crippen LogP contribution in [0.3, 0.4) is 0 Å². The molecule has 0 spiro atoms. The summed E-state index contributed by atoms with van der Waals surface area (Å²) in [6.45, 7) is 4.34. The maximum atomic E-state index is 15.2. The largest absolute Gasteiger partial charge is 0.383 e. The van der Waals surface area contributed by atoms with Crippen LogP contribution in [0.1, 0.15) is 23.7 Å². The van der Waals surface area contributed by atoms with Crippen LogP contribution in [-0.4, -0.2) is 66.4 Å². The Morgan fingerprint density at radius 2 is 2.19 bits per heavy atom. The van der Waals surface area contributed by atoms with Gasteiger partial charge in [0.05, 0.1) is 46.5 Å². The number of amides is 1. The maximum Gasteiger partial charge on any atom is 0.246 e. The van der Waals surface area contributed by atoms with Gasteiger partial charge in [0.15, 0.2) is 11.5 Å². The Kier molecular flexibility index (Phi) is 6.07. The summed E-state index contributed by atoms with van der Waals surface area (Å²) in [6, 6.07) is 1.24. The lowest BCUT2D eigenvalue weighted by Gasteiger charge is -2.22. The Bertz CT molecular complexity index is 1580. The van der Waals surface area contributed by atoms with Crippen LogP contribution < -0.4 is 5.73 Å². The van der Waals surface area contributed by atoms with E-state index in [1.54, 1.807) is 34.4 Å². The van der Waals surface area contributed by atoms with E-state index in [-0.39, 0.29) is 45.6 Å². The molecule has 1 unspecified atom stereocenters. The topological polar surface area (TPSA) is 117 Å². The number of ether oxygens (including phenoxy) is 1. The summed E-state index contributed by atoms with van der Waals surface area (Å²) in [7, 11) is 3.34. The van der Waals surface area contributed by atoms with Crippen LogP contribution in [0.15, 0.2) is 31.4 Å². The van der Waals surface area contributed by atoms with Crippen molar-refractivity contribution in [3.05, 3.63) is 53.5 Å². The highest BCUT2D eigenvalue weighted by Crippen LogP contribution is 2.32. The van der Waals surface area contributed by atoms with Crippen molar-refractivity contribution in [3.8, 4) is 11.8 Å². The van der Waals surface area contributed by atoms with E-state index < -0.39 is 5.82 Å². The van der Waals surface area contributed by atoms with E-state index in [1.165, 1.54) is 18.7 Å². The molecule has 184 valence electrons. The van der Waals surface area contributed by atoms with Crippen LogP contribution >= 0.6 is 11.6 Å². The fraction of sp³-hybridized carbons (Fsp3) is 0.292. The molecule has 0 bridgehead atoms. The van der Waals surface area contributed by atoms with E-state index in [4.69, 9.17) is 22.1 Å². The fourth-order valence-corrected chi connectivity index (χ4v) is 4.81. The molecule has 1 aromatic carbocycles. The van der Waals surface area contributed by atoms with Crippen molar-refractivity contribution < 1.29 is 13.9 Å². The average molecular weight is 509 g/mol. The minimum absolute atomic E-state index is 0.00441.